The van der Waals surface area contributed by atoms with Gasteiger partial charge in [0.15, 0.2) is 0 Å². The van der Waals surface area contributed by atoms with Crippen LogP contribution in [0.15, 0.2) is 76.0 Å². The molecule has 0 amide bonds. The maximum atomic E-state index is 14.6. The summed E-state index contributed by atoms with van der Waals surface area (Å²) in [6.07, 6.45) is -0.950. The Morgan fingerprint density at radius 1 is 1.00 bits per heavy atom. The molecule has 3 aromatic carbocycles. The van der Waals surface area contributed by atoms with Gasteiger partial charge in [0, 0.05) is 0 Å². The molecule has 4 nitrogen and oxygen atoms in total. The summed E-state index contributed by atoms with van der Waals surface area (Å²) in [4.78, 5) is 0.0542. The second-order valence-electron chi connectivity index (χ2n) is 5.69. The van der Waals surface area contributed by atoms with Crippen molar-refractivity contribution >= 4 is 20.9 Å². The maximum absolute atomic E-state index is 14.6. The van der Waals surface area contributed by atoms with Gasteiger partial charge in [-0.05, 0) is 34.0 Å². The number of hydrogen-bond donors (Lipinski definition) is 2. The number of nitrogens with zero attached hydrogens (tertiary/aromatic N) is 1. The topological polar surface area (TPSA) is 69.9 Å². The van der Waals surface area contributed by atoms with E-state index in [9.17, 15) is 13.2 Å². The summed E-state index contributed by atoms with van der Waals surface area (Å²) in [5, 5.41) is 20.2. The fourth-order valence-corrected chi connectivity index (χ4v) is 3.48. The average molecular weight is 359 g/mol. The van der Waals surface area contributed by atoms with Crippen LogP contribution in [0, 0.1) is 0 Å². The van der Waals surface area contributed by atoms with Gasteiger partial charge in [-0.15, -0.1) is 3.89 Å². The molecule has 0 heterocycles. The molecule has 0 bridgehead atoms. The predicted octanol–water partition coefficient (Wildman–Crippen LogP) is 3.78. The van der Waals surface area contributed by atoms with Crippen LogP contribution in [0.3, 0.4) is 0 Å². The molecule has 130 valence electrons. The fourth-order valence-electron chi connectivity index (χ4n) is 2.51. The Labute approximate surface area is 146 Å². The molecule has 0 aromatic heterocycles. The van der Waals surface area contributed by atoms with Crippen LogP contribution >= 0.6 is 0 Å². The molecule has 0 radical (unpaired) electrons. The molecule has 6 heteroatoms. The zero-order chi connectivity index (χ0) is 17.9. The number of rotatable bonds is 5. The second kappa shape index (κ2) is 7.31. The molecular weight excluding hydrogens is 341 g/mol. The fraction of sp³-hybridized carbons (Fsp3) is 0.158. The number of hydrogen-bond acceptors (Lipinski definition) is 4. The van der Waals surface area contributed by atoms with E-state index in [0.717, 1.165) is 10.8 Å². The molecular formula is C19H18FNO3S. The monoisotopic (exact) mass is 359 g/mol. The van der Waals surface area contributed by atoms with Crippen molar-refractivity contribution in [1.82, 2.24) is 0 Å². The quantitative estimate of drug-likeness (QED) is 0.681. The van der Waals surface area contributed by atoms with Crippen LogP contribution in [0.4, 0.5) is 3.89 Å². The van der Waals surface area contributed by atoms with Gasteiger partial charge in [0.25, 0.3) is 0 Å². The molecule has 0 saturated heterocycles. The maximum Gasteiger partial charge on any atom is 0.231 e. The molecule has 25 heavy (non-hydrogen) atoms. The smallest absolute Gasteiger partial charge is 0.231 e. The van der Waals surface area contributed by atoms with E-state index in [2.05, 4.69) is 4.36 Å². The summed E-state index contributed by atoms with van der Waals surface area (Å²) in [5.74, 6) is 0. The van der Waals surface area contributed by atoms with Crippen molar-refractivity contribution in [1.29, 1.82) is 0 Å². The summed E-state index contributed by atoms with van der Waals surface area (Å²) in [5.41, 5.74) is 1.22. The van der Waals surface area contributed by atoms with Crippen molar-refractivity contribution < 1.29 is 18.3 Å². The van der Waals surface area contributed by atoms with E-state index in [4.69, 9.17) is 5.11 Å². The minimum absolute atomic E-state index is 0.0440. The molecule has 0 fully saturated rings. The van der Waals surface area contributed by atoms with Crippen molar-refractivity contribution in [2.75, 3.05) is 6.61 Å². The van der Waals surface area contributed by atoms with Gasteiger partial charge in [0.2, 0.25) is 10.1 Å². The summed E-state index contributed by atoms with van der Waals surface area (Å²) >= 11 is 0. The molecule has 1 unspecified atom stereocenters. The van der Waals surface area contributed by atoms with E-state index >= 15 is 0 Å². The summed E-state index contributed by atoms with van der Waals surface area (Å²) in [6.45, 7) is -0.415. The third-order valence-corrected chi connectivity index (χ3v) is 5.26. The van der Waals surface area contributed by atoms with E-state index in [-0.39, 0.29) is 18.0 Å². The zero-order valence-corrected chi connectivity index (χ0v) is 14.2. The highest BCUT2D eigenvalue weighted by atomic mass is 32.3. The normalized spacial score (nSPS) is 14.8. The first-order valence-electron chi connectivity index (χ1n) is 7.79. The average Bonchev–Trinajstić information content (AvgIpc) is 2.66. The van der Waals surface area contributed by atoms with Gasteiger partial charge < -0.3 is 10.2 Å². The van der Waals surface area contributed by atoms with Gasteiger partial charge in [-0.2, -0.15) is 0 Å². The van der Waals surface area contributed by atoms with Crippen LogP contribution in [0.2, 0.25) is 0 Å². The predicted molar refractivity (Wildman–Crippen MR) is 96.1 cm³/mol. The third-order valence-electron chi connectivity index (χ3n) is 3.96. The van der Waals surface area contributed by atoms with Crippen LogP contribution in [0.1, 0.15) is 17.2 Å². The Hall–Kier alpha value is -2.28. The van der Waals surface area contributed by atoms with E-state index < -0.39 is 16.2 Å². The second-order valence-corrected chi connectivity index (χ2v) is 7.34. The first kappa shape index (κ1) is 17.5. The van der Waals surface area contributed by atoms with Gasteiger partial charge >= 0.3 is 0 Å². The number of benzene rings is 3. The Kier molecular flexibility index (Phi) is 5.13. The standard InChI is InChI=1S/C19H18FNO3S/c20-25(24,18-10-9-15-3-1-2-4-17(15)11-18)21-12-14-5-7-16(8-6-14)19(23)13-22/h1-11,19,22-23H,12-13H2/t19?,25-/m1/s1. The summed E-state index contributed by atoms with van der Waals surface area (Å²) < 4.78 is 30.7. The minimum Gasteiger partial charge on any atom is -0.393 e. The summed E-state index contributed by atoms with van der Waals surface area (Å²) in [6, 6.07) is 18.8. The minimum atomic E-state index is -4.00. The highest BCUT2D eigenvalue weighted by Crippen LogP contribution is 2.23. The van der Waals surface area contributed by atoms with Crippen molar-refractivity contribution in [3.05, 3.63) is 77.9 Å². The van der Waals surface area contributed by atoms with Gasteiger partial charge in [-0.25, -0.2) is 8.57 Å². The van der Waals surface area contributed by atoms with Gasteiger partial charge in [-0.3, -0.25) is 0 Å². The van der Waals surface area contributed by atoms with Crippen LogP contribution in [0.5, 0.6) is 0 Å². The molecule has 0 aliphatic rings. The lowest BCUT2D eigenvalue weighted by molar-refractivity contribution is 0.0956. The largest absolute Gasteiger partial charge is 0.393 e. The first-order valence-corrected chi connectivity index (χ1v) is 9.20. The molecule has 2 atom stereocenters. The molecule has 0 aliphatic carbocycles. The Bertz CT molecular complexity index is 995. The van der Waals surface area contributed by atoms with Crippen LogP contribution in [-0.2, 0) is 16.7 Å². The molecule has 3 aromatic rings. The first-order chi connectivity index (χ1) is 12.0. The van der Waals surface area contributed by atoms with E-state index in [1.54, 1.807) is 36.4 Å². The Morgan fingerprint density at radius 3 is 2.36 bits per heavy atom. The number of aliphatic hydroxyl groups excluding tert-OH is 2. The van der Waals surface area contributed by atoms with Crippen molar-refractivity contribution in [3.63, 3.8) is 0 Å². The third kappa shape index (κ3) is 4.04. The van der Waals surface area contributed by atoms with Gasteiger partial charge in [0.1, 0.15) is 6.10 Å². The molecule has 0 saturated carbocycles. The SMILES string of the molecule is O=[S@](F)(=NCc1ccc(C(O)CO)cc1)c1ccc2ccccc2c1. The molecule has 0 aliphatic heterocycles. The number of halogens is 1. The van der Waals surface area contributed by atoms with Crippen LogP contribution < -0.4 is 0 Å². The van der Waals surface area contributed by atoms with Crippen molar-refractivity contribution in [2.45, 2.75) is 17.5 Å². The lowest BCUT2D eigenvalue weighted by Gasteiger charge is -2.08. The number of fused-ring (bicyclic) bond motifs is 1. The van der Waals surface area contributed by atoms with E-state index in [1.807, 2.05) is 24.3 Å². The zero-order valence-electron chi connectivity index (χ0n) is 13.4. The van der Waals surface area contributed by atoms with E-state index in [1.165, 1.54) is 6.07 Å². The van der Waals surface area contributed by atoms with Crippen LogP contribution in [0.25, 0.3) is 10.8 Å². The molecule has 2 N–H and O–H groups in total. The van der Waals surface area contributed by atoms with Gasteiger partial charge in [0.05, 0.1) is 18.0 Å². The van der Waals surface area contributed by atoms with Crippen LogP contribution in [-0.4, -0.2) is 21.0 Å². The summed E-state index contributed by atoms with van der Waals surface area (Å²) in [7, 11) is -4.00. The Morgan fingerprint density at radius 2 is 1.68 bits per heavy atom. The Balaban J connectivity index is 1.84. The van der Waals surface area contributed by atoms with E-state index in [0.29, 0.717) is 11.1 Å². The van der Waals surface area contributed by atoms with Crippen molar-refractivity contribution in [2.24, 2.45) is 4.36 Å². The lowest BCUT2D eigenvalue weighted by Crippen LogP contribution is -2.02. The van der Waals surface area contributed by atoms with Crippen molar-refractivity contribution in [3.8, 4) is 0 Å². The highest BCUT2D eigenvalue weighted by Gasteiger charge is 2.11. The highest BCUT2D eigenvalue weighted by molar-refractivity contribution is 7.88. The lowest BCUT2D eigenvalue weighted by atomic mass is 10.1. The molecule has 3 rings (SSSR count). The van der Waals surface area contributed by atoms with Gasteiger partial charge in [-0.1, -0.05) is 54.6 Å². The molecule has 0 spiro atoms. The number of aliphatic hydroxyl groups is 2.